The molecule has 2 rings (SSSR count). The fourth-order valence-corrected chi connectivity index (χ4v) is 4.16. The molecule has 10 nitrogen and oxygen atoms in total. The minimum atomic E-state index is -1.30. The van der Waals surface area contributed by atoms with Crippen LogP contribution in [0.15, 0.2) is 30.3 Å². The molecule has 1 saturated heterocycles. The van der Waals surface area contributed by atoms with Crippen molar-refractivity contribution in [2.24, 2.45) is 11.8 Å². The minimum absolute atomic E-state index is 0.0795. The van der Waals surface area contributed by atoms with Gasteiger partial charge in [-0.1, -0.05) is 58.0 Å². The summed E-state index contributed by atoms with van der Waals surface area (Å²) in [6, 6.07) is 6.88. The summed E-state index contributed by atoms with van der Waals surface area (Å²) >= 11 is 0. The van der Waals surface area contributed by atoms with Crippen molar-refractivity contribution < 1.29 is 29.0 Å². The lowest BCUT2D eigenvalue weighted by molar-refractivity contribution is -0.141. The van der Waals surface area contributed by atoms with Gasteiger partial charge in [-0.15, -0.1) is 0 Å². The van der Waals surface area contributed by atoms with E-state index in [0.717, 1.165) is 5.56 Å². The quantitative estimate of drug-likeness (QED) is 0.269. The van der Waals surface area contributed by atoms with Gasteiger partial charge >= 0.3 is 6.09 Å². The van der Waals surface area contributed by atoms with Gasteiger partial charge in [-0.25, -0.2) is 4.79 Å². The Morgan fingerprint density at radius 1 is 1.08 bits per heavy atom. The highest BCUT2D eigenvalue weighted by molar-refractivity contribution is 5.92. The maximum absolute atomic E-state index is 13.4. The summed E-state index contributed by atoms with van der Waals surface area (Å²) in [7, 11) is 0. The molecule has 2 unspecified atom stereocenters. The van der Waals surface area contributed by atoms with Crippen LogP contribution < -0.4 is 10.6 Å². The number of alkyl carbamates (subject to hydrolysis) is 1. The molecule has 10 heteroatoms. The van der Waals surface area contributed by atoms with Crippen molar-refractivity contribution in [3.05, 3.63) is 35.9 Å². The Bertz CT molecular complexity index is 892. The van der Waals surface area contributed by atoms with E-state index in [1.807, 2.05) is 58.0 Å². The van der Waals surface area contributed by atoms with Crippen molar-refractivity contribution in [2.45, 2.75) is 78.3 Å². The SMILES string of the molecule is CCOC(=N)C(O)C(NC(=O)[C@@H]1CCCN1C(=O)[C@@H](NC(=O)OCc1ccccc1)C(C)C)C(C)C. The lowest BCUT2D eigenvalue weighted by Gasteiger charge is -2.33. The Morgan fingerprint density at radius 2 is 1.75 bits per heavy atom. The number of amides is 3. The number of likely N-dealkylation sites (tertiary alicyclic amines) is 1. The zero-order valence-electron chi connectivity index (χ0n) is 21.8. The van der Waals surface area contributed by atoms with E-state index >= 15 is 0 Å². The molecule has 36 heavy (non-hydrogen) atoms. The predicted octanol–water partition coefficient (Wildman–Crippen LogP) is 2.44. The summed E-state index contributed by atoms with van der Waals surface area (Å²) in [5.41, 5.74) is 0.829. The largest absolute Gasteiger partial charge is 0.480 e. The second kappa shape index (κ2) is 13.8. The molecule has 1 aliphatic heterocycles. The first-order chi connectivity index (χ1) is 17.1. The Labute approximate surface area is 213 Å². The fourth-order valence-electron chi connectivity index (χ4n) is 4.16. The Hall–Kier alpha value is -3.14. The zero-order valence-corrected chi connectivity index (χ0v) is 21.8. The first kappa shape index (κ1) is 29.1. The van der Waals surface area contributed by atoms with Gasteiger partial charge in [0, 0.05) is 6.54 Å². The van der Waals surface area contributed by atoms with E-state index in [4.69, 9.17) is 14.9 Å². The Morgan fingerprint density at radius 3 is 2.33 bits per heavy atom. The highest BCUT2D eigenvalue weighted by Gasteiger charge is 2.40. The van der Waals surface area contributed by atoms with Crippen LogP contribution in [-0.4, -0.2) is 71.2 Å². The summed E-state index contributed by atoms with van der Waals surface area (Å²) in [6.07, 6.45) is -0.908. The third-order valence-electron chi connectivity index (χ3n) is 6.19. The van der Waals surface area contributed by atoms with E-state index in [1.165, 1.54) is 4.90 Å². The van der Waals surface area contributed by atoms with Crippen molar-refractivity contribution in [1.29, 1.82) is 5.41 Å². The van der Waals surface area contributed by atoms with Crippen LogP contribution in [-0.2, 0) is 25.7 Å². The summed E-state index contributed by atoms with van der Waals surface area (Å²) in [4.78, 5) is 40.5. The topological polar surface area (TPSA) is 141 Å². The highest BCUT2D eigenvalue weighted by Crippen LogP contribution is 2.21. The summed E-state index contributed by atoms with van der Waals surface area (Å²) < 4.78 is 10.4. The van der Waals surface area contributed by atoms with E-state index in [-0.39, 0.29) is 36.9 Å². The second-order valence-electron chi connectivity index (χ2n) is 9.64. The number of ether oxygens (including phenoxy) is 2. The number of nitrogens with one attached hydrogen (secondary N) is 3. The molecule has 0 saturated carbocycles. The number of rotatable bonds is 11. The Kier molecular flexibility index (Phi) is 11.2. The molecule has 0 aromatic heterocycles. The number of carbonyl (C=O) groups excluding carboxylic acids is 3. The van der Waals surface area contributed by atoms with Gasteiger partial charge in [-0.3, -0.25) is 15.0 Å². The standard InChI is InChI=1S/C26H40N4O6/c1-6-35-23(27)22(31)20(16(2)3)28-24(32)19-13-10-14-30(19)25(33)21(17(4)5)29-26(34)36-15-18-11-8-7-9-12-18/h7-9,11-12,16-17,19-22,27,31H,6,10,13-15H2,1-5H3,(H,28,32)(H,29,34)/t19-,20?,21-,22?/m0/s1. The molecule has 1 aliphatic rings. The van der Waals surface area contributed by atoms with Gasteiger partial charge < -0.3 is 30.1 Å². The summed E-state index contributed by atoms with van der Waals surface area (Å²) in [6.45, 7) is 9.68. The van der Waals surface area contributed by atoms with Crippen molar-refractivity contribution in [2.75, 3.05) is 13.2 Å². The molecule has 1 heterocycles. The molecule has 4 N–H and O–H groups in total. The molecule has 1 aromatic rings. The number of benzene rings is 1. The van der Waals surface area contributed by atoms with Crippen LogP contribution in [0.25, 0.3) is 0 Å². The second-order valence-corrected chi connectivity index (χ2v) is 9.64. The van der Waals surface area contributed by atoms with E-state index < -0.39 is 36.2 Å². The zero-order chi connectivity index (χ0) is 26.8. The van der Waals surface area contributed by atoms with Crippen molar-refractivity contribution in [3.63, 3.8) is 0 Å². The molecule has 1 fully saturated rings. The first-order valence-electron chi connectivity index (χ1n) is 12.5. The lowest BCUT2D eigenvalue weighted by Crippen LogP contribution is -2.58. The van der Waals surface area contributed by atoms with Crippen LogP contribution in [0.5, 0.6) is 0 Å². The summed E-state index contributed by atoms with van der Waals surface area (Å²) in [5.74, 6) is -1.49. The predicted molar refractivity (Wildman–Crippen MR) is 135 cm³/mol. The fraction of sp³-hybridized carbons (Fsp3) is 0.615. The normalized spacial score (nSPS) is 17.9. The smallest absolute Gasteiger partial charge is 0.408 e. The lowest BCUT2D eigenvalue weighted by atomic mass is 9.97. The van der Waals surface area contributed by atoms with Crippen molar-refractivity contribution in [3.8, 4) is 0 Å². The number of aliphatic hydroxyl groups excluding tert-OH is 1. The molecule has 0 spiro atoms. The monoisotopic (exact) mass is 504 g/mol. The number of nitrogens with zero attached hydrogens (tertiary/aromatic N) is 1. The average Bonchev–Trinajstić information content (AvgIpc) is 3.34. The first-order valence-corrected chi connectivity index (χ1v) is 12.5. The Balaban J connectivity index is 2.05. The van der Waals surface area contributed by atoms with Crippen LogP contribution in [0.4, 0.5) is 4.79 Å². The van der Waals surface area contributed by atoms with Crippen LogP contribution in [0.1, 0.15) is 53.0 Å². The number of hydrogen-bond acceptors (Lipinski definition) is 7. The highest BCUT2D eigenvalue weighted by atomic mass is 16.5. The van der Waals surface area contributed by atoms with Gasteiger partial charge in [-0.05, 0) is 37.2 Å². The third kappa shape index (κ3) is 7.94. The summed E-state index contributed by atoms with van der Waals surface area (Å²) in [5, 5.41) is 23.9. The van der Waals surface area contributed by atoms with Crippen LogP contribution in [0.3, 0.4) is 0 Å². The van der Waals surface area contributed by atoms with Crippen molar-refractivity contribution >= 4 is 23.8 Å². The molecule has 3 amide bonds. The van der Waals surface area contributed by atoms with E-state index in [1.54, 1.807) is 6.92 Å². The van der Waals surface area contributed by atoms with Crippen molar-refractivity contribution in [1.82, 2.24) is 15.5 Å². The molecular weight excluding hydrogens is 464 g/mol. The molecule has 1 aromatic carbocycles. The molecule has 4 atom stereocenters. The molecular formula is C26H40N4O6. The molecule has 200 valence electrons. The van der Waals surface area contributed by atoms with Gasteiger partial charge in [-0.2, -0.15) is 0 Å². The van der Waals surface area contributed by atoms with Crippen LogP contribution in [0.2, 0.25) is 0 Å². The van der Waals surface area contributed by atoms with Gasteiger partial charge in [0.05, 0.1) is 12.6 Å². The molecule has 0 aliphatic carbocycles. The van der Waals surface area contributed by atoms with E-state index in [2.05, 4.69) is 10.6 Å². The molecule has 0 bridgehead atoms. The van der Waals surface area contributed by atoms with Gasteiger partial charge in [0.15, 0.2) is 0 Å². The number of aliphatic hydroxyl groups is 1. The maximum atomic E-state index is 13.4. The molecule has 0 radical (unpaired) electrons. The minimum Gasteiger partial charge on any atom is -0.480 e. The average molecular weight is 505 g/mol. The number of hydrogen-bond donors (Lipinski definition) is 4. The van der Waals surface area contributed by atoms with Gasteiger partial charge in [0.2, 0.25) is 17.7 Å². The van der Waals surface area contributed by atoms with Gasteiger partial charge in [0.1, 0.15) is 24.8 Å². The number of carbonyl (C=O) groups is 3. The van der Waals surface area contributed by atoms with Crippen LogP contribution in [0, 0.1) is 17.2 Å². The van der Waals surface area contributed by atoms with E-state index in [0.29, 0.717) is 19.4 Å². The van der Waals surface area contributed by atoms with E-state index in [9.17, 15) is 19.5 Å². The third-order valence-corrected chi connectivity index (χ3v) is 6.19. The van der Waals surface area contributed by atoms with Crippen LogP contribution >= 0.6 is 0 Å². The van der Waals surface area contributed by atoms with Gasteiger partial charge in [0.25, 0.3) is 0 Å². The maximum Gasteiger partial charge on any atom is 0.408 e.